The number of nitriles is 1. The van der Waals surface area contributed by atoms with Crippen LogP contribution in [-0.4, -0.2) is 78.4 Å². The molecule has 0 spiro atoms. The predicted octanol–water partition coefficient (Wildman–Crippen LogP) is 2.59. The molecule has 0 saturated carbocycles. The summed E-state index contributed by atoms with van der Waals surface area (Å²) in [6.45, 7) is 15.7. The maximum atomic E-state index is 9.33. The van der Waals surface area contributed by atoms with Crippen molar-refractivity contribution in [1.29, 1.82) is 5.26 Å². The van der Waals surface area contributed by atoms with Crippen LogP contribution in [0.5, 0.6) is 0 Å². The molecule has 0 aromatic heterocycles. The van der Waals surface area contributed by atoms with Crippen LogP contribution in [0.1, 0.15) is 59.3 Å². The molecule has 3 atom stereocenters. The van der Waals surface area contributed by atoms with E-state index in [1.54, 1.807) is 0 Å². The third-order valence-corrected chi connectivity index (χ3v) is 7.22. The summed E-state index contributed by atoms with van der Waals surface area (Å²) < 4.78 is 18.6. The minimum Gasteiger partial charge on any atom is -0.358 e. The molecule has 0 radical (unpaired) electrons. The van der Waals surface area contributed by atoms with Crippen molar-refractivity contribution in [2.75, 3.05) is 39.3 Å². The minimum absolute atomic E-state index is 0.00506. The number of hydrogen-bond acceptors (Lipinski definition) is 7. The summed E-state index contributed by atoms with van der Waals surface area (Å²) >= 11 is 0. The predicted molar refractivity (Wildman–Crippen MR) is 115 cm³/mol. The van der Waals surface area contributed by atoms with Crippen LogP contribution < -0.4 is 5.32 Å². The van der Waals surface area contributed by atoms with E-state index in [9.17, 15) is 5.26 Å². The fourth-order valence-corrected chi connectivity index (χ4v) is 5.42. The quantitative estimate of drug-likeness (QED) is 0.711. The Morgan fingerprint density at radius 2 is 1.93 bits per heavy atom. The van der Waals surface area contributed by atoms with Gasteiger partial charge in [0.15, 0.2) is 5.79 Å². The first kappa shape index (κ1) is 22.0. The second kappa shape index (κ2) is 8.40. The fourth-order valence-electron chi connectivity index (χ4n) is 5.42. The first-order valence-corrected chi connectivity index (χ1v) is 11.6. The van der Waals surface area contributed by atoms with Crippen molar-refractivity contribution < 1.29 is 14.2 Å². The molecule has 0 aliphatic carbocycles. The highest BCUT2D eigenvalue weighted by atomic mass is 16.8. The minimum atomic E-state index is -0.626. The van der Waals surface area contributed by atoms with Crippen LogP contribution in [0.4, 0.5) is 0 Å². The van der Waals surface area contributed by atoms with Crippen LogP contribution in [0.15, 0.2) is 12.3 Å². The molecular weight excluding hydrogens is 380 g/mol. The number of likely N-dealkylation sites (tertiary alicyclic amines) is 2. The van der Waals surface area contributed by atoms with E-state index in [0.29, 0.717) is 0 Å². The van der Waals surface area contributed by atoms with E-state index in [-0.39, 0.29) is 17.7 Å². The van der Waals surface area contributed by atoms with E-state index in [4.69, 9.17) is 14.2 Å². The number of fused-ring (bicyclic) bond motifs is 1. The normalized spacial score (nSPS) is 35.7. The maximum Gasteiger partial charge on any atom is 0.210 e. The molecule has 7 nitrogen and oxygen atoms in total. The fraction of sp³-hybridized carbons (Fsp3) is 0.870. The van der Waals surface area contributed by atoms with Crippen molar-refractivity contribution in [3.63, 3.8) is 0 Å². The third-order valence-electron chi connectivity index (χ3n) is 7.22. The van der Waals surface area contributed by atoms with Gasteiger partial charge in [0.05, 0.1) is 19.2 Å². The third kappa shape index (κ3) is 4.53. The lowest BCUT2D eigenvalue weighted by atomic mass is 9.88. The van der Waals surface area contributed by atoms with Crippen LogP contribution in [0.2, 0.25) is 0 Å². The van der Waals surface area contributed by atoms with E-state index in [0.717, 1.165) is 83.6 Å². The summed E-state index contributed by atoms with van der Waals surface area (Å²) in [4.78, 5) is 4.64. The molecule has 4 rings (SSSR count). The van der Waals surface area contributed by atoms with Gasteiger partial charge in [-0.15, -0.1) is 0 Å². The van der Waals surface area contributed by atoms with Gasteiger partial charge in [0, 0.05) is 37.4 Å². The zero-order valence-electron chi connectivity index (χ0n) is 18.9. The van der Waals surface area contributed by atoms with Gasteiger partial charge in [0.25, 0.3) is 0 Å². The molecule has 4 heterocycles. The van der Waals surface area contributed by atoms with Gasteiger partial charge in [-0.05, 0) is 59.3 Å². The first-order valence-electron chi connectivity index (χ1n) is 11.6. The van der Waals surface area contributed by atoms with Crippen LogP contribution in [0.25, 0.3) is 0 Å². The van der Waals surface area contributed by atoms with Gasteiger partial charge >= 0.3 is 0 Å². The zero-order chi connectivity index (χ0) is 21.4. The van der Waals surface area contributed by atoms with E-state index in [2.05, 4.69) is 34.7 Å². The van der Waals surface area contributed by atoms with Crippen molar-refractivity contribution in [3.05, 3.63) is 12.3 Å². The van der Waals surface area contributed by atoms with Gasteiger partial charge in [0.1, 0.15) is 12.1 Å². The molecule has 7 heteroatoms. The summed E-state index contributed by atoms with van der Waals surface area (Å²) in [6.07, 6.45) is 6.20. The summed E-state index contributed by atoms with van der Waals surface area (Å²) in [5.41, 5.74) is 1.12. The monoisotopic (exact) mass is 418 g/mol. The maximum absolute atomic E-state index is 9.33. The van der Waals surface area contributed by atoms with Gasteiger partial charge < -0.3 is 24.4 Å². The molecule has 0 amide bonds. The van der Waals surface area contributed by atoms with Gasteiger partial charge in [-0.3, -0.25) is 4.90 Å². The second-order valence-electron chi connectivity index (χ2n) is 10.1. The Morgan fingerprint density at radius 1 is 1.17 bits per heavy atom. The number of nitrogens with one attached hydrogen (secondary N) is 1. The van der Waals surface area contributed by atoms with Crippen molar-refractivity contribution in [3.8, 4) is 6.07 Å². The molecular formula is C23H38N4O3. The highest BCUT2D eigenvalue weighted by Gasteiger charge is 2.56. The molecule has 4 aliphatic heterocycles. The van der Waals surface area contributed by atoms with Crippen LogP contribution >= 0.6 is 0 Å². The number of ether oxygens (including phenoxy) is 3. The van der Waals surface area contributed by atoms with Gasteiger partial charge in [-0.1, -0.05) is 6.58 Å². The van der Waals surface area contributed by atoms with Crippen LogP contribution in [0.3, 0.4) is 0 Å². The SMILES string of the molecule is C=C(CNC1(C)CCN(CC23OCCCC2OC(C)(C)O3)CC1)N1CCCC1C#N. The molecule has 4 fully saturated rings. The average molecular weight is 419 g/mol. The summed E-state index contributed by atoms with van der Waals surface area (Å²) in [5.74, 6) is -1.21. The van der Waals surface area contributed by atoms with Gasteiger partial charge in [0.2, 0.25) is 5.79 Å². The topological polar surface area (TPSA) is 70.0 Å². The van der Waals surface area contributed by atoms with Crippen molar-refractivity contribution in [2.45, 2.75) is 88.6 Å². The van der Waals surface area contributed by atoms with Crippen LogP contribution in [0, 0.1) is 11.3 Å². The first-order chi connectivity index (χ1) is 14.2. The Bertz CT molecular complexity index is 682. The number of hydrogen-bond donors (Lipinski definition) is 1. The lowest BCUT2D eigenvalue weighted by Crippen LogP contribution is -2.58. The zero-order valence-corrected chi connectivity index (χ0v) is 18.9. The van der Waals surface area contributed by atoms with Gasteiger partial charge in [-0.25, -0.2) is 0 Å². The molecule has 0 bridgehead atoms. The number of nitrogens with zero attached hydrogens (tertiary/aromatic N) is 3. The largest absolute Gasteiger partial charge is 0.358 e. The van der Waals surface area contributed by atoms with E-state index in [1.807, 2.05) is 13.8 Å². The molecule has 1 N–H and O–H groups in total. The molecule has 0 aromatic rings. The lowest BCUT2D eigenvalue weighted by Gasteiger charge is -2.45. The second-order valence-corrected chi connectivity index (χ2v) is 10.1. The highest BCUT2D eigenvalue weighted by Crippen LogP contribution is 2.43. The average Bonchev–Trinajstić information content (AvgIpc) is 3.28. The van der Waals surface area contributed by atoms with Crippen molar-refractivity contribution >= 4 is 0 Å². The Labute approximate surface area is 181 Å². The summed E-state index contributed by atoms with van der Waals surface area (Å²) in [7, 11) is 0. The molecule has 4 saturated heterocycles. The van der Waals surface area contributed by atoms with Crippen LogP contribution in [-0.2, 0) is 14.2 Å². The molecule has 0 aromatic carbocycles. The molecule has 30 heavy (non-hydrogen) atoms. The molecule has 168 valence electrons. The van der Waals surface area contributed by atoms with E-state index in [1.165, 1.54) is 0 Å². The lowest BCUT2D eigenvalue weighted by molar-refractivity contribution is -0.271. The Balaban J connectivity index is 1.28. The van der Waals surface area contributed by atoms with Gasteiger partial charge in [-0.2, -0.15) is 5.26 Å². The Hall–Kier alpha value is -1.17. The van der Waals surface area contributed by atoms with E-state index < -0.39 is 11.6 Å². The van der Waals surface area contributed by atoms with Crippen molar-refractivity contribution in [1.82, 2.24) is 15.1 Å². The van der Waals surface area contributed by atoms with E-state index >= 15 is 0 Å². The molecule has 3 unspecified atom stereocenters. The highest BCUT2D eigenvalue weighted by molar-refractivity contribution is 5.09. The summed E-state index contributed by atoms with van der Waals surface area (Å²) in [6, 6.07) is 2.40. The summed E-state index contributed by atoms with van der Waals surface area (Å²) in [5, 5.41) is 13.1. The molecule has 4 aliphatic rings. The standard InChI is InChI=1S/C23H38N4O3/c1-18(27-11-5-7-19(27)15-24)16-25-22(4)9-12-26(13-10-22)17-23-20(8-6-14-28-23)29-21(2,3)30-23/h19-20,25H,1,5-14,16-17H2,2-4H3. The van der Waals surface area contributed by atoms with Crippen molar-refractivity contribution in [2.24, 2.45) is 0 Å². The number of piperidine rings is 1. The Morgan fingerprint density at radius 3 is 2.67 bits per heavy atom. The smallest absolute Gasteiger partial charge is 0.210 e. The number of rotatable bonds is 6. The Kier molecular flexibility index (Phi) is 6.17.